The van der Waals surface area contributed by atoms with Crippen LogP contribution >= 0.6 is 0 Å². The number of ketones is 2. The Morgan fingerprint density at radius 1 is 1.12 bits per heavy atom. The van der Waals surface area contributed by atoms with E-state index in [9.17, 15) is 9.59 Å². The lowest BCUT2D eigenvalue weighted by atomic mass is 9.46. The highest BCUT2D eigenvalue weighted by Gasteiger charge is 2.61. The predicted octanol–water partition coefficient (Wildman–Crippen LogP) is 5.28. The van der Waals surface area contributed by atoms with Gasteiger partial charge in [0.05, 0.1) is 0 Å². The molecule has 0 unspecified atom stereocenters. The Balaban J connectivity index is 1.71. The van der Waals surface area contributed by atoms with Crippen molar-refractivity contribution in [2.45, 2.75) is 72.1 Å². The van der Waals surface area contributed by atoms with Crippen molar-refractivity contribution in [2.75, 3.05) is 0 Å². The van der Waals surface area contributed by atoms with E-state index in [0.29, 0.717) is 41.7 Å². The lowest BCUT2D eigenvalue weighted by Gasteiger charge is -2.57. The second kappa shape index (κ2) is 5.93. The minimum absolute atomic E-state index is 0.105. The highest BCUT2D eigenvalue weighted by atomic mass is 16.1. The molecule has 0 N–H and O–H groups in total. The summed E-state index contributed by atoms with van der Waals surface area (Å²) in [5.74, 6) is 3.08. The summed E-state index contributed by atoms with van der Waals surface area (Å²) in [6.07, 6.45) is 14.6. The molecule has 0 saturated heterocycles. The molecule has 3 saturated carbocycles. The largest absolute Gasteiger partial charge is 0.299 e. The standard InChI is InChI=1S/C23H32O2/c1-4-5-6-15-13-20(25)23(3)12-10-19-18(21(15)23)8-7-16-14-17(24)9-11-22(16,19)2/h5-6,14-15,18-19,21H,4,7-13H2,1-3H3/b6-5+/t15-,18+,19-,21-,22-,23+/m0/s1. The van der Waals surface area contributed by atoms with E-state index in [2.05, 4.69) is 32.9 Å². The highest BCUT2D eigenvalue weighted by Crippen LogP contribution is 2.65. The van der Waals surface area contributed by atoms with Crippen LogP contribution < -0.4 is 0 Å². The van der Waals surface area contributed by atoms with Crippen LogP contribution in [-0.2, 0) is 9.59 Å². The van der Waals surface area contributed by atoms with Gasteiger partial charge in [0, 0.05) is 18.3 Å². The molecular weight excluding hydrogens is 308 g/mol. The Morgan fingerprint density at radius 3 is 2.68 bits per heavy atom. The van der Waals surface area contributed by atoms with Gasteiger partial charge in [-0.1, -0.05) is 38.5 Å². The second-order valence-electron chi connectivity index (χ2n) is 9.47. The van der Waals surface area contributed by atoms with Crippen molar-refractivity contribution in [3.05, 3.63) is 23.8 Å². The SMILES string of the molecule is CC/C=C/[C@H]1CC(=O)[C@@]2(C)CC[C@H]3[C@@H](CCC4=CC(=O)CC[C@@]43C)[C@H]12. The highest BCUT2D eigenvalue weighted by molar-refractivity contribution is 5.91. The van der Waals surface area contributed by atoms with Crippen molar-refractivity contribution in [3.8, 4) is 0 Å². The molecule has 0 aliphatic heterocycles. The summed E-state index contributed by atoms with van der Waals surface area (Å²) < 4.78 is 0. The van der Waals surface area contributed by atoms with Gasteiger partial charge in [0.2, 0.25) is 0 Å². The average Bonchev–Trinajstić information content (AvgIpc) is 2.84. The van der Waals surface area contributed by atoms with Crippen molar-refractivity contribution in [1.82, 2.24) is 0 Å². The van der Waals surface area contributed by atoms with E-state index < -0.39 is 0 Å². The molecule has 4 rings (SSSR count). The van der Waals surface area contributed by atoms with Gasteiger partial charge >= 0.3 is 0 Å². The summed E-state index contributed by atoms with van der Waals surface area (Å²) in [6, 6.07) is 0. The first-order valence-corrected chi connectivity index (χ1v) is 10.3. The lowest BCUT2D eigenvalue weighted by molar-refractivity contribution is -0.132. The second-order valence-corrected chi connectivity index (χ2v) is 9.47. The number of rotatable bonds is 2. The molecule has 0 aromatic rings. The van der Waals surface area contributed by atoms with Gasteiger partial charge in [-0.3, -0.25) is 9.59 Å². The number of carbonyl (C=O) groups excluding carboxylic acids is 2. The van der Waals surface area contributed by atoms with Gasteiger partial charge in [0.25, 0.3) is 0 Å². The molecule has 0 aromatic heterocycles. The molecule has 0 spiro atoms. The van der Waals surface area contributed by atoms with E-state index >= 15 is 0 Å². The summed E-state index contributed by atoms with van der Waals surface area (Å²) in [5.41, 5.74) is 1.51. The van der Waals surface area contributed by atoms with E-state index in [0.717, 1.165) is 38.5 Å². The van der Waals surface area contributed by atoms with Crippen LogP contribution in [0.1, 0.15) is 72.1 Å². The number of hydrogen-bond donors (Lipinski definition) is 0. The van der Waals surface area contributed by atoms with Gasteiger partial charge < -0.3 is 0 Å². The zero-order valence-corrected chi connectivity index (χ0v) is 16.0. The first-order valence-electron chi connectivity index (χ1n) is 10.3. The van der Waals surface area contributed by atoms with Gasteiger partial charge in [0.1, 0.15) is 5.78 Å². The van der Waals surface area contributed by atoms with Crippen LogP contribution in [0.3, 0.4) is 0 Å². The number of carbonyl (C=O) groups is 2. The maximum absolute atomic E-state index is 12.9. The summed E-state index contributed by atoms with van der Waals surface area (Å²) >= 11 is 0. The molecule has 0 amide bonds. The van der Waals surface area contributed by atoms with E-state index in [1.807, 2.05) is 6.08 Å². The van der Waals surface area contributed by atoms with Gasteiger partial charge in [-0.25, -0.2) is 0 Å². The molecule has 6 atom stereocenters. The van der Waals surface area contributed by atoms with E-state index in [-0.39, 0.29) is 10.8 Å². The molecule has 2 nitrogen and oxygen atoms in total. The molecule has 3 fully saturated rings. The number of fused-ring (bicyclic) bond motifs is 5. The van der Waals surface area contributed by atoms with Gasteiger partial charge in [0.15, 0.2) is 5.78 Å². The predicted molar refractivity (Wildman–Crippen MR) is 100 cm³/mol. The molecule has 136 valence electrons. The molecule has 0 bridgehead atoms. The first kappa shape index (κ1) is 17.2. The van der Waals surface area contributed by atoms with Crippen molar-refractivity contribution in [3.63, 3.8) is 0 Å². The quantitative estimate of drug-likeness (QED) is 0.641. The van der Waals surface area contributed by atoms with Crippen LogP contribution in [0.15, 0.2) is 23.8 Å². The van der Waals surface area contributed by atoms with E-state index in [4.69, 9.17) is 0 Å². The molecule has 0 heterocycles. The molecule has 0 radical (unpaired) electrons. The minimum atomic E-state index is -0.105. The smallest absolute Gasteiger partial charge is 0.155 e. The van der Waals surface area contributed by atoms with Crippen LogP contribution in [0.25, 0.3) is 0 Å². The van der Waals surface area contributed by atoms with Crippen molar-refractivity contribution in [1.29, 1.82) is 0 Å². The Bertz CT molecular complexity index is 657. The summed E-state index contributed by atoms with van der Waals surface area (Å²) in [5, 5.41) is 0. The fourth-order valence-electron chi connectivity index (χ4n) is 7.00. The average molecular weight is 341 g/mol. The molecule has 2 heteroatoms. The van der Waals surface area contributed by atoms with Crippen LogP contribution in [0.2, 0.25) is 0 Å². The number of hydrogen-bond acceptors (Lipinski definition) is 2. The number of allylic oxidation sites excluding steroid dienone is 3. The van der Waals surface area contributed by atoms with Gasteiger partial charge in [-0.15, -0.1) is 0 Å². The van der Waals surface area contributed by atoms with Crippen LogP contribution in [-0.4, -0.2) is 11.6 Å². The monoisotopic (exact) mass is 340 g/mol. The molecule has 4 aliphatic rings. The Labute approximate surface area is 152 Å². The molecule has 4 aliphatic carbocycles. The first-order chi connectivity index (χ1) is 11.9. The maximum atomic E-state index is 12.9. The summed E-state index contributed by atoms with van der Waals surface area (Å²) in [4.78, 5) is 24.8. The third-order valence-corrected chi connectivity index (χ3v) is 8.35. The van der Waals surface area contributed by atoms with Crippen molar-refractivity contribution in [2.24, 2.45) is 34.5 Å². The normalized spacial score (nSPS) is 46.6. The van der Waals surface area contributed by atoms with E-state index in [1.165, 1.54) is 12.0 Å². The number of Topliss-reactive ketones (excluding diaryl/α,β-unsaturated/α-hetero) is 1. The minimum Gasteiger partial charge on any atom is -0.299 e. The van der Waals surface area contributed by atoms with E-state index in [1.54, 1.807) is 0 Å². The molecule has 0 aromatic carbocycles. The summed E-state index contributed by atoms with van der Waals surface area (Å²) in [7, 11) is 0. The zero-order valence-electron chi connectivity index (χ0n) is 16.0. The van der Waals surface area contributed by atoms with Crippen molar-refractivity contribution >= 4 is 11.6 Å². The maximum Gasteiger partial charge on any atom is 0.155 e. The third-order valence-electron chi connectivity index (χ3n) is 8.35. The topological polar surface area (TPSA) is 34.1 Å². The van der Waals surface area contributed by atoms with Crippen molar-refractivity contribution < 1.29 is 9.59 Å². The van der Waals surface area contributed by atoms with Gasteiger partial charge in [-0.05, 0) is 73.7 Å². The fraction of sp³-hybridized carbons (Fsp3) is 0.739. The Kier molecular flexibility index (Phi) is 4.09. The molecular formula is C23H32O2. The zero-order chi connectivity index (χ0) is 17.8. The fourth-order valence-corrected chi connectivity index (χ4v) is 7.00. The lowest BCUT2D eigenvalue weighted by Crippen LogP contribution is -2.51. The molecule has 25 heavy (non-hydrogen) atoms. The Morgan fingerprint density at radius 2 is 1.92 bits per heavy atom. The Hall–Kier alpha value is -1.18. The van der Waals surface area contributed by atoms with Crippen LogP contribution in [0.5, 0.6) is 0 Å². The summed E-state index contributed by atoms with van der Waals surface area (Å²) in [6.45, 7) is 6.85. The third kappa shape index (κ3) is 2.43. The van der Waals surface area contributed by atoms with Gasteiger partial charge in [-0.2, -0.15) is 0 Å². The van der Waals surface area contributed by atoms with Crippen LogP contribution in [0, 0.1) is 34.5 Å². The van der Waals surface area contributed by atoms with Crippen LogP contribution in [0.4, 0.5) is 0 Å².